The quantitative estimate of drug-likeness (QED) is 0.895. The minimum absolute atomic E-state index is 0.0257. The number of nitrogens with one attached hydrogen (secondary N) is 1. The molecule has 0 aliphatic carbocycles. The highest BCUT2D eigenvalue weighted by atomic mass is 79.9. The summed E-state index contributed by atoms with van der Waals surface area (Å²) in [6.07, 6.45) is 0. The van der Waals surface area contributed by atoms with Crippen molar-refractivity contribution in [2.75, 3.05) is 12.4 Å². The number of hydrogen-bond acceptors (Lipinski definition) is 3. The third-order valence-electron chi connectivity index (χ3n) is 2.89. The number of halogens is 3. The molecular weight excluding hydrogens is 342 g/mol. The van der Waals surface area contributed by atoms with Crippen molar-refractivity contribution in [3.8, 4) is 11.8 Å². The van der Waals surface area contributed by atoms with Crippen LogP contribution in [0.5, 0.6) is 5.75 Å². The highest BCUT2D eigenvalue weighted by molar-refractivity contribution is 9.10. The Morgan fingerprint density at radius 2 is 1.90 bits per heavy atom. The second-order valence-corrected chi connectivity index (χ2v) is 5.09. The molecule has 1 N–H and O–H groups in total. The summed E-state index contributed by atoms with van der Waals surface area (Å²) >= 11 is 3.33. The standard InChI is InChI=1S/C15H11BrF2N2O/c1-21-15-3-2-10(6-12(15)16)20-8-11-13(17)4-9(7-19)5-14(11)18/h2-6,20H,8H2,1H3. The third kappa shape index (κ3) is 3.50. The first-order valence-electron chi connectivity index (χ1n) is 6.00. The molecule has 0 saturated heterocycles. The van der Waals surface area contributed by atoms with Gasteiger partial charge in [0.05, 0.1) is 23.2 Å². The van der Waals surface area contributed by atoms with Gasteiger partial charge < -0.3 is 10.1 Å². The van der Waals surface area contributed by atoms with Crippen molar-refractivity contribution in [1.29, 1.82) is 5.26 Å². The van der Waals surface area contributed by atoms with Gasteiger partial charge in [0.1, 0.15) is 17.4 Å². The molecule has 3 nitrogen and oxygen atoms in total. The molecule has 0 unspecified atom stereocenters. The van der Waals surface area contributed by atoms with Gasteiger partial charge in [-0.05, 0) is 46.3 Å². The fourth-order valence-electron chi connectivity index (χ4n) is 1.80. The molecule has 0 saturated carbocycles. The summed E-state index contributed by atoms with van der Waals surface area (Å²) in [7, 11) is 1.55. The van der Waals surface area contributed by atoms with E-state index in [0.717, 1.165) is 16.6 Å². The Labute approximate surface area is 129 Å². The van der Waals surface area contributed by atoms with Crippen molar-refractivity contribution < 1.29 is 13.5 Å². The van der Waals surface area contributed by atoms with Gasteiger partial charge in [0.2, 0.25) is 0 Å². The second-order valence-electron chi connectivity index (χ2n) is 4.23. The van der Waals surface area contributed by atoms with Crippen molar-refractivity contribution in [2.45, 2.75) is 6.54 Å². The Bertz CT molecular complexity index is 690. The van der Waals surface area contributed by atoms with Crippen LogP contribution in [-0.4, -0.2) is 7.11 Å². The molecule has 21 heavy (non-hydrogen) atoms. The summed E-state index contributed by atoms with van der Waals surface area (Å²) in [5.41, 5.74) is 0.535. The first-order chi connectivity index (χ1) is 10.0. The Morgan fingerprint density at radius 1 is 1.24 bits per heavy atom. The number of rotatable bonds is 4. The Morgan fingerprint density at radius 3 is 2.43 bits per heavy atom. The largest absolute Gasteiger partial charge is 0.496 e. The summed E-state index contributed by atoms with van der Waals surface area (Å²) in [6.45, 7) is -0.0257. The van der Waals surface area contributed by atoms with Crippen LogP contribution in [0.1, 0.15) is 11.1 Å². The lowest BCUT2D eigenvalue weighted by atomic mass is 10.1. The van der Waals surface area contributed by atoms with Crippen LogP contribution in [0, 0.1) is 23.0 Å². The molecule has 0 radical (unpaired) electrons. The van der Waals surface area contributed by atoms with Crippen molar-refractivity contribution in [3.63, 3.8) is 0 Å². The highest BCUT2D eigenvalue weighted by Crippen LogP contribution is 2.28. The molecule has 0 heterocycles. The van der Waals surface area contributed by atoms with E-state index in [-0.39, 0.29) is 17.7 Å². The number of nitrogens with zero attached hydrogens (tertiary/aromatic N) is 1. The van der Waals surface area contributed by atoms with Gasteiger partial charge in [0, 0.05) is 17.8 Å². The van der Waals surface area contributed by atoms with E-state index in [1.807, 2.05) is 0 Å². The maximum Gasteiger partial charge on any atom is 0.133 e. The summed E-state index contributed by atoms with van der Waals surface area (Å²) in [4.78, 5) is 0. The van der Waals surface area contributed by atoms with Gasteiger partial charge in [-0.3, -0.25) is 0 Å². The molecule has 0 amide bonds. The number of benzene rings is 2. The molecule has 6 heteroatoms. The van der Waals surface area contributed by atoms with Gasteiger partial charge in [-0.1, -0.05) is 0 Å². The first-order valence-corrected chi connectivity index (χ1v) is 6.80. The number of anilines is 1. The van der Waals surface area contributed by atoms with Crippen molar-refractivity contribution in [2.24, 2.45) is 0 Å². The molecule has 0 aliphatic rings. The minimum atomic E-state index is -0.744. The smallest absolute Gasteiger partial charge is 0.133 e. The fraction of sp³-hybridized carbons (Fsp3) is 0.133. The van der Waals surface area contributed by atoms with E-state index in [4.69, 9.17) is 10.00 Å². The molecule has 0 aromatic heterocycles. The number of methoxy groups -OCH3 is 1. The summed E-state index contributed by atoms with van der Waals surface area (Å²) in [5, 5.41) is 11.6. The van der Waals surface area contributed by atoms with Crippen LogP contribution in [0.25, 0.3) is 0 Å². The van der Waals surface area contributed by atoms with Crippen LogP contribution in [0.4, 0.5) is 14.5 Å². The molecule has 0 fully saturated rings. The maximum atomic E-state index is 13.7. The molecule has 0 spiro atoms. The zero-order valence-corrected chi connectivity index (χ0v) is 12.7. The summed E-state index contributed by atoms with van der Waals surface area (Å²) in [6, 6.07) is 8.97. The van der Waals surface area contributed by atoms with E-state index in [0.29, 0.717) is 11.4 Å². The monoisotopic (exact) mass is 352 g/mol. The van der Waals surface area contributed by atoms with Crippen molar-refractivity contribution in [3.05, 3.63) is 57.6 Å². The van der Waals surface area contributed by atoms with E-state index in [1.165, 1.54) is 0 Å². The summed E-state index contributed by atoms with van der Waals surface area (Å²) < 4.78 is 33.3. The first kappa shape index (κ1) is 15.3. The zero-order valence-electron chi connectivity index (χ0n) is 11.1. The van der Waals surface area contributed by atoms with Crippen LogP contribution in [-0.2, 0) is 6.54 Å². The number of hydrogen-bond donors (Lipinski definition) is 1. The highest BCUT2D eigenvalue weighted by Gasteiger charge is 2.11. The molecule has 0 bridgehead atoms. The molecule has 0 atom stereocenters. The predicted molar refractivity (Wildman–Crippen MR) is 79.1 cm³/mol. The molecule has 0 aliphatic heterocycles. The van der Waals surface area contributed by atoms with Crippen LogP contribution >= 0.6 is 15.9 Å². The molecule has 2 aromatic rings. The van der Waals surface area contributed by atoms with Gasteiger partial charge in [-0.15, -0.1) is 0 Å². The second kappa shape index (κ2) is 6.55. The topological polar surface area (TPSA) is 45.0 Å². The predicted octanol–water partition coefficient (Wildman–Crippen LogP) is 4.22. The lowest BCUT2D eigenvalue weighted by Gasteiger charge is -2.10. The Balaban J connectivity index is 2.17. The van der Waals surface area contributed by atoms with E-state index >= 15 is 0 Å². The molecular formula is C15H11BrF2N2O. The van der Waals surface area contributed by atoms with Crippen LogP contribution in [0.15, 0.2) is 34.8 Å². The summed E-state index contributed by atoms with van der Waals surface area (Å²) in [5.74, 6) is -0.825. The van der Waals surface area contributed by atoms with Gasteiger partial charge in [0.15, 0.2) is 0 Å². The average Bonchev–Trinajstić information content (AvgIpc) is 2.46. The molecule has 108 valence electrons. The van der Waals surface area contributed by atoms with Gasteiger partial charge in [-0.25, -0.2) is 8.78 Å². The van der Waals surface area contributed by atoms with Crippen LogP contribution < -0.4 is 10.1 Å². The van der Waals surface area contributed by atoms with Gasteiger partial charge >= 0.3 is 0 Å². The fourth-order valence-corrected chi connectivity index (χ4v) is 2.34. The van der Waals surface area contributed by atoms with E-state index in [9.17, 15) is 8.78 Å². The van der Waals surface area contributed by atoms with Crippen molar-refractivity contribution >= 4 is 21.6 Å². The Kier molecular flexibility index (Phi) is 4.76. The van der Waals surface area contributed by atoms with E-state index in [1.54, 1.807) is 31.4 Å². The number of ether oxygens (including phenoxy) is 1. The third-order valence-corrected chi connectivity index (χ3v) is 3.51. The van der Waals surface area contributed by atoms with Gasteiger partial charge in [0.25, 0.3) is 0 Å². The Hall–Kier alpha value is -2.13. The minimum Gasteiger partial charge on any atom is -0.496 e. The molecule has 2 aromatic carbocycles. The normalized spacial score (nSPS) is 10.0. The lowest BCUT2D eigenvalue weighted by molar-refractivity contribution is 0.412. The van der Waals surface area contributed by atoms with E-state index < -0.39 is 11.6 Å². The van der Waals surface area contributed by atoms with Crippen LogP contribution in [0.2, 0.25) is 0 Å². The average molecular weight is 353 g/mol. The SMILES string of the molecule is COc1ccc(NCc2c(F)cc(C#N)cc2F)cc1Br. The van der Waals surface area contributed by atoms with Crippen molar-refractivity contribution in [1.82, 2.24) is 0 Å². The molecule has 2 rings (SSSR count). The van der Waals surface area contributed by atoms with Gasteiger partial charge in [-0.2, -0.15) is 5.26 Å². The zero-order chi connectivity index (χ0) is 15.4. The number of nitriles is 1. The van der Waals surface area contributed by atoms with E-state index in [2.05, 4.69) is 21.2 Å². The maximum absolute atomic E-state index is 13.7. The lowest BCUT2D eigenvalue weighted by Crippen LogP contribution is -2.05. The van der Waals surface area contributed by atoms with Crippen LogP contribution in [0.3, 0.4) is 0 Å².